The minimum Gasteiger partial charge on any atom is -0.496 e. The fourth-order valence-electron chi connectivity index (χ4n) is 1.71. The van der Waals surface area contributed by atoms with E-state index in [0.29, 0.717) is 11.3 Å². The first-order chi connectivity index (χ1) is 8.34. The van der Waals surface area contributed by atoms with E-state index in [1.165, 1.54) is 26.4 Å². The van der Waals surface area contributed by atoms with E-state index < -0.39 is 17.4 Å². The maximum atomic E-state index is 11.7. The van der Waals surface area contributed by atoms with Gasteiger partial charge in [0, 0.05) is 5.56 Å². The summed E-state index contributed by atoms with van der Waals surface area (Å²) in [5.41, 5.74) is -0.213. The number of hydrogen-bond donors (Lipinski definition) is 1. The van der Waals surface area contributed by atoms with Gasteiger partial charge in [-0.1, -0.05) is 6.07 Å². The second-order valence-corrected chi connectivity index (χ2v) is 4.34. The Kier molecular flexibility index (Phi) is 8.31. The molecule has 1 N–H and O–H groups in total. The van der Waals surface area contributed by atoms with Crippen LogP contribution in [0.5, 0.6) is 5.75 Å². The molecule has 0 fully saturated rings. The van der Waals surface area contributed by atoms with Crippen LogP contribution in [0.25, 0.3) is 0 Å². The van der Waals surface area contributed by atoms with Crippen molar-refractivity contribution in [1.29, 1.82) is 0 Å². The molecule has 1 aromatic rings. The van der Waals surface area contributed by atoms with Gasteiger partial charge in [-0.05, 0) is 26.0 Å². The van der Waals surface area contributed by atoms with Crippen LogP contribution in [0.2, 0.25) is 0 Å². The van der Waals surface area contributed by atoms with Gasteiger partial charge in [0.1, 0.15) is 5.75 Å². The van der Waals surface area contributed by atoms with Crippen LogP contribution in [0, 0.1) is 0 Å². The van der Waals surface area contributed by atoms with Gasteiger partial charge in [0.05, 0.1) is 25.2 Å². The number of benzene rings is 1. The summed E-state index contributed by atoms with van der Waals surface area (Å²) >= 11 is 0. The molecule has 0 aliphatic heterocycles. The maximum Gasteiger partial charge on any atom is 0.335 e. The van der Waals surface area contributed by atoms with Crippen LogP contribution >= 0.6 is 24.8 Å². The van der Waals surface area contributed by atoms with Crippen molar-refractivity contribution in [3.05, 3.63) is 29.3 Å². The third-order valence-corrected chi connectivity index (χ3v) is 2.82. The Morgan fingerprint density at radius 2 is 1.70 bits per heavy atom. The van der Waals surface area contributed by atoms with Crippen molar-refractivity contribution in [3.63, 3.8) is 0 Å². The van der Waals surface area contributed by atoms with Gasteiger partial charge in [0.15, 0.2) is 0 Å². The fraction of sp³-hybridized carbons (Fsp3) is 0.385. The zero-order valence-corrected chi connectivity index (χ0v) is 13.3. The number of ether oxygens (including phenoxy) is 2. The smallest absolute Gasteiger partial charge is 0.335 e. The van der Waals surface area contributed by atoms with E-state index in [0.717, 1.165) is 0 Å². The molecule has 5 nitrogen and oxygen atoms in total. The summed E-state index contributed by atoms with van der Waals surface area (Å²) in [7, 11) is 2.74. The average Bonchev–Trinajstić information content (AvgIpc) is 2.36. The van der Waals surface area contributed by atoms with Crippen molar-refractivity contribution >= 4 is 36.8 Å². The zero-order chi connectivity index (χ0) is 13.9. The van der Waals surface area contributed by atoms with Crippen molar-refractivity contribution in [1.82, 2.24) is 0 Å². The number of halogens is 2. The molecule has 0 aliphatic carbocycles. The van der Waals surface area contributed by atoms with E-state index >= 15 is 0 Å². The van der Waals surface area contributed by atoms with Gasteiger partial charge in [-0.3, -0.25) is 4.79 Å². The highest BCUT2D eigenvalue weighted by molar-refractivity contribution is 5.89. The van der Waals surface area contributed by atoms with E-state index in [-0.39, 0.29) is 30.4 Å². The summed E-state index contributed by atoms with van der Waals surface area (Å²) in [6, 6.07) is 4.40. The Hall–Kier alpha value is -1.46. The molecule has 1 rings (SSSR count). The summed E-state index contributed by atoms with van der Waals surface area (Å²) in [4.78, 5) is 22.6. The molecule has 0 spiro atoms. The topological polar surface area (TPSA) is 72.8 Å². The largest absolute Gasteiger partial charge is 0.496 e. The Bertz CT molecular complexity index is 486. The first kappa shape index (κ1) is 20.8. The molecule has 0 heterocycles. The van der Waals surface area contributed by atoms with Crippen LogP contribution in [0.1, 0.15) is 29.8 Å². The Morgan fingerprint density at radius 3 is 2.10 bits per heavy atom. The Balaban J connectivity index is 0. The molecule has 0 saturated carbocycles. The quantitative estimate of drug-likeness (QED) is 0.862. The van der Waals surface area contributed by atoms with Gasteiger partial charge < -0.3 is 14.6 Å². The predicted octanol–water partition coefficient (Wildman–Crippen LogP) is 2.69. The summed E-state index contributed by atoms with van der Waals surface area (Å²) in [5.74, 6) is -1.11. The summed E-state index contributed by atoms with van der Waals surface area (Å²) in [6.07, 6.45) is 0. The lowest BCUT2D eigenvalue weighted by Crippen LogP contribution is -2.30. The van der Waals surface area contributed by atoms with Crippen LogP contribution in [0.3, 0.4) is 0 Å². The minimum atomic E-state index is -1.05. The lowest BCUT2D eigenvalue weighted by Gasteiger charge is -2.24. The second-order valence-electron chi connectivity index (χ2n) is 4.34. The molecule has 0 amide bonds. The Labute approximate surface area is 130 Å². The number of hydrogen-bond acceptors (Lipinski definition) is 4. The number of carbonyl (C=O) groups excluding carboxylic acids is 1. The number of carboxylic acid groups (broad SMARTS) is 1. The van der Waals surface area contributed by atoms with E-state index in [1.807, 2.05) is 0 Å². The van der Waals surface area contributed by atoms with E-state index in [2.05, 4.69) is 0 Å². The van der Waals surface area contributed by atoms with Crippen LogP contribution in [-0.2, 0) is 14.9 Å². The number of carbonyl (C=O) groups is 2. The van der Waals surface area contributed by atoms with Crippen molar-refractivity contribution < 1.29 is 24.2 Å². The fourth-order valence-corrected chi connectivity index (χ4v) is 1.71. The van der Waals surface area contributed by atoms with Crippen molar-refractivity contribution in [2.24, 2.45) is 0 Å². The lowest BCUT2D eigenvalue weighted by atomic mass is 9.83. The van der Waals surface area contributed by atoms with Crippen LogP contribution in [0.4, 0.5) is 0 Å². The standard InChI is InChI=1S/C13H16O5.2ClH/c1-13(2,12(16)18-4)9-6-5-8(11(14)15)7-10(9)17-3;;/h5-7H,1-4H3,(H,14,15);2*1H. The molecule has 7 heteroatoms. The number of methoxy groups -OCH3 is 2. The Morgan fingerprint density at radius 1 is 1.15 bits per heavy atom. The number of esters is 1. The number of carboxylic acids is 1. The molecule has 1 aromatic carbocycles. The monoisotopic (exact) mass is 324 g/mol. The van der Waals surface area contributed by atoms with Crippen molar-refractivity contribution in [2.45, 2.75) is 19.3 Å². The SMILES string of the molecule is COC(=O)C(C)(C)c1ccc(C(=O)O)cc1OC.Cl.Cl. The van der Waals surface area contributed by atoms with Gasteiger partial charge in [-0.15, -0.1) is 24.8 Å². The third-order valence-electron chi connectivity index (χ3n) is 2.82. The highest BCUT2D eigenvalue weighted by Crippen LogP contribution is 2.33. The first-order valence-corrected chi connectivity index (χ1v) is 5.34. The molecule has 114 valence electrons. The van der Waals surface area contributed by atoms with Crippen molar-refractivity contribution in [2.75, 3.05) is 14.2 Å². The average molecular weight is 325 g/mol. The molecule has 0 bridgehead atoms. The highest BCUT2D eigenvalue weighted by Gasteiger charge is 2.34. The predicted molar refractivity (Wildman–Crippen MR) is 79.5 cm³/mol. The number of aromatic carboxylic acids is 1. The molecule has 0 atom stereocenters. The third kappa shape index (κ3) is 4.02. The van der Waals surface area contributed by atoms with E-state index in [1.54, 1.807) is 19.9 Å². The van der Waals surface area contributed by atoms with Crippen molar-refractivity contribution in [3.8, 4) is 5.75 Å². The normalized spacial score (nSPS) is 9.80. The summed E-state index contributed by atoms with van der Waals surface area (Å²) in [6.45, 7) is 3.38. The van der Waals surface area contributed by atoms with Gasteiger partial charge in [-0.25, -0.2) is 4.79 Å². The molecule has 20 heavy (non-hydrogen) atoms. The maximum absolute atomic E-state index is 11.7. The lowest BCUT2D eigenvalue weighted by molar-refractivity contribution is -0.146. The summed E-state index contributed by atoms with van der Waals surface area (Å²) < 4.78 is 9.88. The molecular weight excluding hydrogens is 307 g/mol. The van der Waals surface area contributed by atoms with E-state index in [9.17, 15) is 9.59 Å². The molecular formula is C13H18Cl2O5. The highest BCUT2D eigenvalue weighted by atomic mass is 35.5. The molecule has 0 radical (unpaired) electrons. The van der Waals surface area contributed by atoms with E-state index in [4.69, 9.17) is 14.6 Å². The second kappa shape index (κ2) is 7.97. The minimum absolute atomic E-state index is 0. The van der Waals surface area contributed by atoms with Gasteiger partial charge >= 0.3 is 11.9 Å². The first-order valence-electron chi connectivity index (χ1n) is 5.34. The van der Waals surface area contributed by atoms with Crippen LogP contribution < -0.4 is 4.74 Å². The van der Waals surface area contributed by atoms with Gasteiger partial charge in [0.2, 0.25) is 0 Å². The molecule has 0 unspecified atom stereocenters. The van der Waals surface area contributed by atoms with Gasteiger partial charge in [0.25, 0.3) is 0 Å². The van der Waals surface area contributed by atoms with Crippen LogP contribution in [-0.4, -0.2) is 31.3 Å². The number of rotatable bonds is 4. The summed E-state index contributed by atoms with van der Waals surface area (Å²) in [5, 5.41) is 8.91. The zero-order valence-electron chi connectivity index (χ0n) is 11.6. The molecule has 0 aliphatic rings. The molecule has 0 saturated heterocycles. The van der Waals surface area contributed by atoms with Gasteiger partial charge in [-0.2, -0.15) is 0 Å². The molecule has 0 aromatic heterocycles. The van der Waals surface area contributed by atoms with Crippen LogP contribution in [0.15, 0.2) is 18.2 Å².